The number of benzene rings is 1. The van der Waals surface area contributed by atoms with E-state index in [1.54, 1.807) is 32.9 Å². The first-order valence-corrected chi connectivity index (χ1v) is 8.12. The molecule has 1 aromatic heterocycles. The molecule has 0 saturated heterocycles. The molecule has 2 aromatic rings. The third kappa shape index (κ3) is 4.36. The number of ketones is 1. The molecule has 138 valence electrons. The topological polar surface area (TPSA) is 88.3 Å². The number of Topliss-reactive ketones (excluding diaryl/α,β-unsaturated/α-hetero) is 1. The normalized spacial score (nSPS) is 11.7. The monoisotopic (exact) mass is 360 g/mol. The average Bonchev–Trinajstić information content (AvgIpc) is 2.87. The Balaban J connectivity index is 1.95. The van der Waals surface area contributed by atoms with E-state index >= 15 is 0 Å². The lowest BCUT2D eigenvalue weighted by Crippen LogP contribution is -2.31. The van der Waals surface area contributed by atoms with Gasteiger partial charge in [-0.15, -0.1) is 0 Å². The van der Waals surface area contributed by atoms with Crippen LogP contribution in [-0.4, -0.2) is 29.3 Å². The third-order valence-electron chi connectivity index (χ3n) is 4.08. The predicted molar refractivity (Wildman–Crippen MR) is 93.5 cm³/mol. The van der Waals surface area contributed by atoms with Gasteiger partial charge in [-0.25, -0.2) is 9.18 Å². The minimum atomic E-state index is -0.706. The predicted octanol–water partition coefficient (Wildman–Crippen LogP) is 3.01. The van der Waals surface area contributed by atoms with Gasteiger partial charge in [0, 0.05) is 11.3 Å². The number of amides is 1. The van der Waals surface area contributed by atoms with E-state index in [0.29, 0.717) is 16.8 Å². The summed E-state index contributed by atoms with van der Waals surface area (Å²) >= 11 is 0. The van der Waals surface area contributed by atoms with Gasteiger partial charge in [-0.05, 0) is 51.0 Å². The van der Waals surface area contributed by atoms with Crippen LogP contribution in [0, 0.1) is 19.7 Å². The van der Waals surface area contributed by atoms with Gasteiger partial charge in [0.2, 0.25) is 0 Å². The van der Waals surface area contributed by atoms with E-state index in [4.69, 9.17) is 4.74 Å². The maximum Gasteiger partial charge on any atom is 0.355 e. The highest BCUT2D eigenvalue weighted by atomic mass is 19.1. The molecular formula is C19H21FN2O4. The van der Waals surface area contributed by atoms with Crippen LogP contribution in [0.2, 0.25) is 0 Å². The van der Waals surface area contributed by atoms with Crippen LogP contribution < -0.4 is 5.32 Å². The van der Waals surface area contributed by atoms with E-state index < -0.39 is 18.5 Å². The first-order chi connectivity index (χ1) is 12.2. The van der Waals surface area contributed by atoms with Crippen molar-refractivity contribution in [1.82, 2.24) is 10.3 Å². The van der Waals surface area contributed by atoms with Gasteiger partial charge in [-0.1, -0.05) is 12.1 Å². The molecule has 0 fully saturated rings. The Hall–Kier alpha value is -2.96. The van der Waals surface area contributed by atoms with Crippen LogP contribution in [-0.2, 0) is 9.53 Å². The molecule has 0 aliphatic rings. The van der Waals surface area contributed by atoms with Crippen LogP contribution in [0.3, 0.4) is 0 Å². The smallest absolute Gasteiger partial charge is 0.355 e. The number of rotatable bonds is 6. The molecule has 0 radical (unpaired) electrons. The van der Waals surface area contributed by atoms with E-state index in [9.17, 15) is 18.8 Å². The number of esters is 1. The van der Waals surface area contributed by atoms with Crippen molar-refractivity contribution in [3.8, 4) is 0 Å². The van der Waals surface area contributed by atoms with E-state index in [1.165, 1.54) is 19.1 Å². The second-order valence-electron chi connectivity index (χ2n) is 6.10. The zero-order valence-corrected chi connectivity index (χ0v) is 15.1. The summed E-state index contributed by atoms with van der Waals surface area (Å²) in [4.78, 5) is 38.6. The van der Waals surface area contributed by atoms with Crippen LogP contribution in [0.25, 0.3) is 0 Å². The number of hydrogen-bond donors (Lipinski definition) is 2. The number of carbonyl (C=O) groups excluding carboxylic acids is 3. The number of aromatic amines is 1. The highest BCUT2D eigenvalue weighted by Gasteiger charge is 2.21. The minimum absolute atomic E-state index is 0.152. The Bertz CT molecular complexity index is 840. The van der Waals surface area contributed by atoms with Crippen LogP contribution in [0.5, 0.6) is 0 Å². The number of carbonyl (C=O) groups is 3. The Labute approximate surface area is 150 Å². The maximum atomic E-state index is 12.9. The van der Waals surface area contributed by atoms with Gasteiger partial charge in [0.1, 0.15) is 11.5 Å². The molecule has 0 saturated carbocycles. The van der Waals surface area contributed by atoms with Gasteiger partial charge in [0.15, 0.2) is 12.4 Å². The van der Waals surface area contributed by atoms with E-state index in [2.05, 4.69) is 10.3 Å². The first kappa shape index (κ1) is 19.4. The Kier molecular flexibility index (Phi) is 5.92. The Morgan fingerprint density at radius 1 is 1.19 bits per heavy atom. The van der Waals surface area contributed by atoms with Gasteiger partial charge in [0.25, 0.3) is 5.91 Å². The molecule has 0 spiro atoms. The third-order valence-corrected chi connectivity index (χ3v) is 4.08. The number of hydrogen-bond acceptors (Lipinski definition) is 4. The van der Waals surface area contributed by atoms with Crippen molar-refractivity contribution in [3.05, 3.63) is 58.2 Å². The molecule has 0 aliphatic carbocycles. The van der Waals surface area contributed by atoms with Crippen molar-refractivity contribution in [2.24, 2.45) is 0 Å². The van der Waals surface area contributed by atoms with Crippen molar-refractivity contribution in [3.63, 3.8) is 0 Å². The summed E-state index contributed by atoms with van der Waals surface area (Å²) in [5, 5.41) is 2.67. The molecule has 6 nitrogen and oxygen atoms in total. The van der Waals surface area contributed by atoms with Crippen LogP contribution in [0.4, 0.5) is 4.39 Å². The lowest BCUT2D eigenvalue weighted by molar-refractivity contribution is -0.124. The highest BCUT2D eigenvalue weighted by Crippen LogP contribution is 2.19. The summed E-state index contributed by atoms with van der Waals surface area (Å²) in [5.41, 5.74) is 2.42. The molecule has 7 heteroatoms. The number of H-pyrrole nitrogens is 1. The van der Waals surface area contributed by atoms with Crippen LogP contribution >= 0.6 is 0 Å². The molecular weight excluding hydrogens is 339 g/mol. The lowest BCUT2D eigenvalue weighted by Gasteiger charge is -2.14. The fourth-order valence-corrected chi connectivity index (χ4v) is 2.80. The molecule has 1 aromatic carbocycles. The fraction of sp³-hybridized carbons (Fsp3) is 0.316. The summed E-state index contributed by atoms with van der Waals surface area (Å²) in [7, 11) is 0. The van der Waals surface area contributed by atoms with Gasteiger partial charge in [0.05, 0.1) is 6.04 Å². The molecule has 26 heavy (non-hydrogen) atoms. The van der Waals surface area contributed by atoms with Crippen LogP contribution in [0.15, 0.2) is 24.3 Å². The Morgan fingerprint density at radius 3 is 2.35 bits per heavy atom. The zero-order valence-electron chi connectivity index (χ0n) is 15.1. The van der Waals surface area contributed by atoms with Gasteiger partial charge in [-0.3, -0.25) is 9.59 Å². The summed E-state index contributed by atoms with van der Waals surface area (Å²) < 4.78 is 17.9. The standard InChI is InChI=1S/C19H21FN2O4/c1-10-17(13(4)23)12(3)22-18(10)19(25)26-9-16(24)21-11(2)14-5-7-15(20)8-6-14/h5-8,11,22H,9H2,1-4H3,(H,21,24)/t11-/m0/s1. The summed E-state index contributed by atoms with van der Waals surface area (Å²) in [6, 6.07) is 5.39. The summed E-state index contributed by atoms with van der Waals surface area (Å²) in [6.07, 6.45) is 0. The quantitative estimate of drug-likeness (QED) is 0.612. The van der Waals surface area contributed by atoms with Crippen molar-refractivity contribution >= 4 is 17.7 Å². The maximum absolute atomic E-state index is 12.9. The number of nitrogens with one attached hydrogen (secondary N) is 2. The van der Waals surface area contributed by atoms with Gasteiger partial charge >= 0.3 is 5.97 Å². The lowest BCUT2D eigenvalue weighted by atomic mass is 10.1. The van der Waals surface area contributed by atoms with Crippen LogP contribution in [0.1, 0.15) is 57.6 Å². The summed E-state index contributed by atoms with van der Waals surface area (Å²) in [5.74, 6) is -1.70. The largest absolute Gasteiger partial charge is 0.451 e. The molecule has 1 heterocycles. The number of ether oxygens (including phenoxy) is 1. The number of aryl methyl sites for hydroxylation is 1. The second kappa shape index (κ2) is 7.95. The van der Waals surface area contributed by atoms with Gasteiger partial charge in [-0.2, -0.15) is 0 Å². The van der Waals surface area contributed by atoms with Crippen molar-refractivity contribution < 1.29 is 23.5 Å². The molecule has 2 rings (SSSR count). The second-order valence-corrected chi connectivity index (χ2v) is 6.10. The van der Waals surface area contributed by atoms with Crippen molar-refractivity contribution in [2.75, 3.05) is 6.61 Å². The van der Waals surface area contributed by atoms with E-state index in [-0.39, 0.29) is 23.3 Å². The van der Waals surface area contributed by atoms with E-state index in [0.717, 1.165) is 5.56 Å². The summed E-state index contributed by atoms with van der Waals surface area (Å²) in [6.45, 7) is 6.04. The fourth-order valence-electron chi connectivity index (χ4n) is 2.80. The molecule has 0 bridgehead atoms. The Morgan fingerprint density at radius 2 is 1.81 bits per heavy atom. The first-order valence-electron chi connectivity index (χ1n) is 8.12. The van der Waals surface area contributed by atoms with Crippen molar-refractivity contribution in [1.29, 1.82) is 0 Å². The average molecular weight is 360 g/mol. The number of halogens is 1. The molecule has 1 amide bonds. The van der Waals surface area contributed by atoms with Gasteiger partial charge < -0.3 is 15.0 Å². The van der Waals surface area contributed by atoms with E-state index in [1.807, 2.05) is 0 Å². The SMILES string of the molecule is CC(=O)c1c(C)[nH]c(C(=O)OCC(=O)N[C@@H](C)c2ccc(F)cc2)c1C. The van der Waals surface area contributed by atoms with Crippen molar-refractivity contribution in [2.45, 2.75) is 33.7 Å². The highest BCUT2D eigenvalue weighted by molar-refractivity contribution is 6.01. The molecule has 0 aliphatic heterocycles. The molecule has 2 N–H and O–H groups in total. The minimum Gasteiger partial charge on any atom is -0.451 e. The molecule has 0 unspecified atom stereocenters. The molecule has 1 atom stereocenters. The number of aromatic nitrogens is 1. The zero-order chi connectivity index (χ0) is 19.4.